The van der Waals surface area contributed by atoms with E-state index in [2.05, 4.69) is 278 Å². The average Bonchev–Trinajstić information content (AvgIpc) is 1.63. The third-order valence-corrected chi connectivity index (χ3v) is 19.2. The fourth-order valence-corrected chi connectivity index (χ4v) is 13.7. The summed E-state index contributed by atoms with van der Waals surface area (Å²) in [6, 6.07) is 93.3. The normalized spacial score (nSPS) is 11.2. The highest BCUT2D eigenvalue weighted by molar-refractivity contribution is 9.10. The first-order valence-electron chi connectivity index (χ1n) is 30.1. The highest BCUT2D eigenvalue weighted by atomic mass is 79.9. The van der Waals surface area contributed by atoms with Crippen LogP contribution in [0.5, 0.6) is 0 Å². The Labute approximate surface area is 548 Å². The van der Waals surface area contributed by atoms with E-state index in [0.29, 0.717) is 5.46 Å². The maximum absolute atomic E-state index is 9.42. The molecule has 2 N–H and O–H groups in total. The summed E-state index contributed by atoms with van der Waals surface area (Å²) in [5.74, 6) is 0. The topological polar surface area (TPSA) is 81.0 Å². The lowest BCUT2D eigenvalue weighted by Crippen LogP contribution is -2.29. The average molecular weight is 1310 g/mol. The van der Waals surface area contributed by atoms with E-state index in [4.69, 9.17) is 4.98 Å². The van der Waals surface area contributed by atoms with E-state index in [1.165, 1.54) is 104 Å². The van der Waals surface area contributed by atoms with Crippen LogP contribution >= 0.6 is 31.9 Å². The lowest BCUT2D eigenvalue weighted by atomic mass is 9.80. The van der Waals surface area contributed by atoms with E-state index in [1.807, 2.05) is 73.1 Å². The van der Waals surface area contributed by atoms with Gasteiger partial charge in [0.25, 0.3) is 0 Å². The number of hydrogen-bond acceptors (Lipinski definition) is 4. The number of rotatable bonds is 8. The molecule has 0 aliphatic rings. The minimum absolute atomic E-state index is 0. The second-order valence-corrected chi connectivity index (χ2v) is 24.4. The van der Waals surface area contributed by atoms with Crippen LogP contribution in [0.15, 0.2) is 288 Å². The summed E-state index contributed by atoms with van der Waals surface area (Å²) in [7, 11) is -1.46. The Balaban J connectivity index is 0.000000167. The molecule has 0 bridgehead atoms. The maximum atomic E-state index is 9.42. The Bertz CT molecular complexity index is 5010. The molecule has 0 amide bonds. The van der Waals surface area contributed by atoms with Crippen molar-refractivity contribution < 1.29 is 11.5 Å². The van der Waals surface area contributed by atoms with E-state index in [-0.39, 0.29) is 8.85 Å². The summed E-state index contributed by atoms with van der Waals surface area (Å²) in [6.45, 7) is 8.61. The van der Waals surface area contributed by atoms with Gasteiger partial charge < -0.3 is 23.7 Å². The largest absolute Gasteiger partial charge is 0.488 e. The van der Waals surface area contributed by atoms with Crippen LogP contribution in [0, 0.1) is 27.7 Å². The van der Waals surface area contributed by atoms with Crippen LogP contribution < -0.4 is 5.46 Å². The van der Waals surface area contributed by atoms with Crippen LogP contribution in [0.4, 0.5) is 0 Å². The molecule has 0 aliphatic carbocycles. The molecule has 16 rings (SSSR count). The first-order chi connectivity index (χ1) is 44.0. The van der Waals surface area contributed by atoms with E-state index < -0.39 is 7.12 Å². The molecule has 0 fully saturated rings. The molecule has 0 saturated carbocycles. The molecular weight excluding hydrogens is 1250 g/mol. The van der Waals surface area contributed by atoms with Crippen LogP contribution in [-0.2, 0) is 0 Å². The molecule has 11 aromatic carbocycles. The first kappa shape index (κ1) is 60.0. The minimum Gasteiger partial charge on any atom is -0.423 e. The van der Waals surface area contributed by atoms with E-state index >= 15 is 0 Å². The quantitative estimate of drug-likeness (QED) is 0.149. The van der Waals surface area contributed by atoms with Crippen molar-refractivity contribution in [3.8, 4) is 61.8 Å². The van der Waals surface area contributed by atoms with Crippen LogP contribution in [-0.4, -0.2) is 40.8 Å². The predicted molar refractivity (Wildman–Crippen MR) is 393 cm³/mol. The molecule has 444 valence electrons. The molecular formula is C81H66BBr2N5O2. The SMILES string of the molecule is C.Cc1c(-c2cccc(-n3c4ccccc4c4ccccc43)c2)cccc1-c1nccc(-c2cccc(-n3c4ccccc4c4ccccc43)c2)c1C.Cc1c(Br)cccc1-c1nccc(Br)c1C.OB(O)c1cccc(-n2c3ccccc3c3ccccc32)c1.[2HH]. The minimum atomic E-state index is -1.46. The summed E-state index contributed by atoms with van der Waals surface area (Å²) >= 11 is 7.08. The van der Waals surface area contributed by atoms with Crippen LogP contribution in [0.25, 0.3) is 127 Å². The highest BCUT2D eigenvalue weighted by Gasteiger charge is 2.20. The molecule has 7 nitrogen and oxygen atoms in total. The molecule has 0 atom stereocenters. The van der Waals surface area contributed by atoms with Gasteiger partial charge in [0.15, 0.2) is 0 Å². The zero-order valence-corrected chi connectivity index (χ0v) is 53.2. The van der Waals surface area contributed by atoms with Gasteiger partial charge in [0.2, 0.25) is 0 Å². The number of halogens is 2. The van der Waals surface area contributed by atoms with Crippen molar-refractivity contribution in [1.29, 1.82) is 0 Å². The fraction of sp³-hybridized carbons (Fsp3) is 0.0617. The van der Waals surface area contributed by atoms with Crippen molar-refractivity contribution in [3.05, 3.63) is 311 Å². The molecule has 16 aromatic rings. The summed E-state index contributed by atoms with van der Waals surface area (Å²) in [4.78, 5) is 9.46. The second kappa shape index (κ2) is 25.5. The Morgan fingerprint density at radius 2 is 0.648 bits per heavy atom. The molecule has 0 saturated heterocycles. The Kier molecular flexibility index (Phi) is 16.8. The van der Waals surface area contributed by atoms with Gasteiger partial charge in [-0.05, 0) is 169 Å². The number of hydrogen-bond donors (Lipinski definition) is 2. The Morgan fingerprint density at radius 1 is 0.319 bits per heavy atom. The van der Waals surface area contributed by atoms with Crippen molar-refractivity contribution in [2.24, 2.45) is 0 Å². The summed E-state index contributed by atoms with van der Waals surface area (Å²) in [5.41, 5.74) is 24.7. The van der Waals surface area contributed by atoms with E-state index in [9.17, 15) is 10.0 Å². The summed E-state index contributed by atoms with van der Waals surface area (Å²) < 4.78 is 9.13. The van der Waals surface area contributed by atoms with Crippen molar-refractivity contribution in [1.82, 2.24) is 23.7 Å². The Hall–Kier alpha value is -9.94. The number of para-hydroxylation sites is 6. The Morgan fingerprint density at radius 3 is 1.09 bits per heavy atom. The molecule has 5 heterocycles. The monoisotopic (exact) mass is 1310 g/mol. The second-order valence-electron chi connectivity index (χ2n) is 22.7. The third-order valence-electron chi connectivity index (χ3n) is 17.5. The van der Waals surface area contributed by atoms with E-state index in [0.717, 1.165) is 54.0 Å². The molecule has 0 unspecified atom stereocenters. The number of aromatic nitrogens is 5. The van der Waals surface area contributed by atoms with Gasteiger partial charge in [-0.3, -0.25) is 9.97 Å². The van der Waals surface area contributed by atoms with Gasteiger partial charge in [0, 0.05) is 83.3 Å². The molecule has 0 spiro atoms. The highest BCUT2D eigenvalue weighted by Crippen LogP contribution is 2.40. The van der Waals surface area contributed by atoms with Gasteiger partial charge in [-0.15, -0.1) is 0 Å². The van der Waals surface area contributed by atoms with Crippen molar-refractivity contribution >= 4 is 110 Å². The molecule has 0 radical (unpaired) electrons. The summed E-state index contributed by atoms with van der Waals surface area (Å²) in [6.07, 6.45) is 3.78. The maximum Gasteiger partial charge on any atom is 0.488 e. The van der Waals surface area contributed by atoms with E-state index in [1.54, 1.807) is 6.07 Å². The lowest BCUT2D eigenvalue weighted by molar-refractivity contribution is 0.425. The molecule has 5 aromatic heterocycles. The molecule has 91 heavy (non-hydrogen) atoms. The number of benzene rings is 11. The fourth-order valence-electron chi connectivity index (χ4n) is 13.0. The van der Waals surface area contributed by atoms with Crippen LogP contribution in [0.1, 0.15) is 31.1 Å². The van der Waals surface area contributed by atoms with Gasteiger partial charge in [-0.25, -0.2) is 0 Å². The van der Waals surface area contributed by atoms with Crippen molar-refractivity contribution in [2.45, 2.75) is 35.1 Å². The summed E-state index contributed by atoms with van der Waals surface area (Å²) in [5, 5.41) is 26.3. The predicted octanol–water partition coefficient (Wildman–Crippen LogP) is 21.1. The van der Waals surface area contributed by atoms with Crippen LogP contribution in [0.3, 0.4) is 0 Å². The third kappa shape index (κ3) is 11.1. The number of pyridine rings is 2. The van der Waals surface area contributed by atoms with Crippen molar-refractivity contribution in [3.63, 3.8) is 0 Å². The van der Waals surface area contributed by atoms with Gasteiger partial charge in [0.1, 0.15) is 0 Å². The number of fused-ring (bicyclic) bond motifs is 9. The molecule has 10 heteroatoms. The van der Waals surface area contributed by atoms with Crippen molar-refractivity contribution in [2.75, 3.05) is 0 Å². The number of nitrogens with zero attached hydrogens (tertiary/aromatic N) is 5. The van der Waals surface area contributed by atoms with Gasteiger partial charge >= 0.3 is 7.12 Å². The first-order valence-corrected chi connectivity index (χ1v) is 31.7. The molecule has 0 aliphatic heterocycles. The zero-order chi connectivity index (χ0) is 61.6. The van der Waals surface area contributed by atoms with Crippen LogP contribution in [0.2, 0.25) is 0 Å². The zero-order valence-electron chi connectivity index (χ0n) is 50.0. The van der Waals surface area contributed by atoms with Gasteiger partial charge in [0.05, 0.1) is 44.5 Å². The standard InChI is InChI=1S/C49H35N3.C18H14BNO2.C13H11Br2N.CH4.H2/c1-32-38(34-14-11-16-36(30-34)51-45-24-7-3-18-41(45)42-19-4-8-25-46(42)51)22-13-23-40(32)49-33(2)39(28-29-50-49)35-15-12-17-37(31-35)52-47-26-9-5-20-43(47)44-21-6-10-27-48(44)52;21-19(22)13-6-5-7-14(12-13)20-17-10-3-1-8-15(17)16-9-2-4-11-18(16)20;1-8-10(4-3-5-11(8)14)13-9(2)12(15)6-7-16-13;;/h3-31H,1-2H3;1-12,21-22H;3-7H,1-2H3;1H4;1H/i;;;;1+1. The lowest BCUT2D eigenvalue weighted by Gasteiger charge is -2.17. The van der Waals surface area contributed by atoms with Gasteiger partial charge in [-0.2, -0.15) is 0 Å². The smallest absolute Gasteiger partial charge is 0.423 e. The van der Waals surface area contributed by atoms with Gasteiger partial charge in [-0.1, -0.05) is 215 Å².